The molecule has 4 atom stereocenters. The molecule has 0 amide bonds. The first-order chi connectivity index (χ1) is 13.0. The van der Waals surface area contributed by atoms with Crippen LogP contribution in [-0.2, 0) is 14.2 Å². The number of aliphatic hydroxyl groups excluding tert-OH is 1. The molecular weight excluding hydrogens is 352 g/mol. The molecule has 2 aliphatic heterocycles. The number of nitrogens with one attached hydrogen (secondary N) is 1. The summed E-state index contributed by atoms with van der Waals surface area (Å²) in [4.78, 5) is 25.6. The average Bonchev–Trinajstić information content (AvgIpc) is 2.68. The van der Waals surface area contributed by atoms with E-state index >= 15 is 0 Å². The fourth-order valence-corrected chi connectivity index (χ4v) is 3.51. The van der Waals surface area contributed by atoms with E-state index in [0.29, 0.717) is 0 Å². The lowest BCUT2D eigenvalue weighted by Crippen LogP contribution is -2.61. The highest BCUT2D eigenvalue weighted by Gasteiger charge is 2.52. The molecule has 0 bridgehead atoms. The molecule has 1 aromatic heterocycles. The molecule has 0 aliphatic carbocycles. The minimum absolute atomic E-state index is 0.0908. The predicted molar refractivity (Wildman–Crippen MR) is 95.7 cm³/mol. The number of ether oxygens (including phenoxy) is 3. The summed E-state index contributed by atoms with van der Waals surface area (Å²) in [5.41, 5.74) is -1.38. The second kappa shape index (κ2) is 6.80. The fraction of sp³-hybridized carbons (Fsp3) is 0.368. The number of aromatic nitrogens is 2. The van der Waals surface area contributed by atoms with Gasteiger partial charge in [-0.15, -0.1) is 0 Å². The third kappa shape index (κ3) is 3.12. The van der Waals surface area contributed by atoms with Gasteiger partial charge >= 0.3 is 5.69 Å². The van der Waals surface area contributed by atoms with Crippen molar-refractivity contribution in [2.75, 3.05) is 13.2 Å². The van der Waals surface area contributed by atoms with Gasteiger partial charge in [-0.1, -0.05) is 37.3 Å². The molecule has 142 valence electrons. The molecule has 0 unspecified atom stereocenters. The molecule has 3 heterocycles. The first-order valence-electron chi connectivity index (χ1n) is 8.68. The van der Waals surface area contributed by atoms with Crippen LogP contribution in [0.15, 0.2) is 58.3 Å². The summed E-state index contributed by atoms with van der Waals surface area (Å²) in [7, 11) is 0. The van der Waals surface area contributed by atoms with Crippen LogP contribution >= 0.6 is 0 Å². The standard InChI is InChI=1S/C19H20N2O6/c1-12-9-15(21-8-7-14(23)20-18(21)24)27-19(10-22)11-25-17(26-16(12)19)13-5-3-2-4-6-13/h2-9,12,16-17,22H,10-11H2,1H3,(H,20,23,24)/t12-,16+,17-,19-/m1/s1. The van der Waals surface area contributed by atoms with Crippen molar-refractivity contribution in [1.82, 2.24) is 9.55 Å². The zero-order chi connectivity index (χ0) is 19.0. The number of benzene rings is 1. The molecule has 8 nitrogen and oxygen atoms in total. The molecule has 2 aliphatic rings. The van der Waals surface area contributed by atoms with E-state index in [-0.39, 0.29) is 25.0 Å². The van der Waals surface area contributed by atoms with E-state index < -0.39 is 29.2 Å². The molecule has 2 N–H and O–H groups in total. The van der Waals surface area contributed by atoms with E-state index in [1.165, 1.54) is 16.8 Å². The van der Waals surface area contributed by atoms with E-state index in [1.54, 1.807) is 6.08 Å². The van der Waals surface area contributed by atoms with Crippen LogP contribution in [0.3, 0.4) is 0 Å². The molecule has 1 aromatic carbocycles. The third-order valence-corrected chi connectivity index (χ3v) is 4.86. The van der Waals surface area contributed by atoms with Crippen molar-refractivity contribution in [2.24, 2.45) is 5.92 Å². The molecule has 27 heavy (non-hydrogen) atoms. The second-order valence-corrected chi connectivity index (χ2v) is 6.78. The minimum Gasteiger partial charge on any atom is -0.464 e. The Morgan fingerprint density at radius 3 is 2.74 bits per heavy atom. The van der Waals surface area contributed by atoms with Gasteiger partial charge in [0.25, 0.3) is 5.56 Å². The van der Waals surface area contributed by atoms with Crippen molar-refractivity contribution in [1.29, 1.82) is 0 Å². The topological polar surface area (TPSA) is 103 Å². The highest BCUT2D eigenvalue weighted by Crippen LogP contribution is 2.42. The summed E-state index contributed by atoms with van der Waals surface area (Å²) in [5, 5.41) is 10.1. The van der Waals surface area contributed by atoms with Crippen LogP contribution in [0.25, 0.3) is 5.88 Å². The number of H-pyrrole nitrogens is 1. The van der Waals surface area contributed by atoms with Crippen LogP contribution in [0.5, 0.6) is 0 Å². The average molecular weight is 372 g/mol. The number of hydrogen-bond donors (Lipinski definition) is 2. The van der Waals surface area contributed by atoms with E-state index in [4.69, 9.17) is 14.2 Å². The maximum Gasteiger partial charge on any atom is 0.335 e. The Labute approximate surface area is 154 Å². The molecule has 2 aromatic rings. The van der Waals surface area contributed by atoms with Crippen molar-refractivity contribution in [3.8, 4) is 0 Å². The highest BCUT2D eigenvalue weighted by atomic mass is 16.7. The number of aromatic amines is 1. The van der Waals surface area contributed by atoms with E-state index in [2.05, 4.69) is 4.98 Å². The van der Waals surface area contributed by atoms with Gasteiger partial charge < -0.3 is 19.3 Å². The van der Waals surface area contributed by atoms with Crippen molar-refractivity contribution in [3.63, 3.8) is 0 Å². The van der Waals surface area contributed by atoms with Gasteiger partial charge in [-0.05, 0) is 6.08 Å². The highest BCUT2D eigenvalue weighted by molar-refractivity contribution is 5.41. The molecule has 1 fully saturated rings. The Kier molecular flexibility index (Phi) is 4.47. The Morgan fingerprint density at radius 2 is 2.04 bits per heavy atom. The molecule has 1 saturated heterocycles. The van der Waals surface area contributed by atoms with Gasteiger partial charge in [0.15, 0.2) is 17.8 Å². The van der Waals surface area contributed by atoms with Gasteiger partial charge in [0.1, 0.15) is 6.10 Å². The van der Waals surface area contributed by atoms with Crippen LogP contribution in [0.1, 0.15) is 18.8 Å². The summed E-state index contributed by atoms with van der Waals surface area (Å²) in [6, 6.07) is 10.8. The molecular formula is C19H20N2O6. The van der Waals surface area contributed by atoms with Crippen LogP contribution < -0.4 is 11.2 Å². The lowest BCUT2D eigenvalue weighted by molar-refractivity contribution is -0.310. The molecule has 0 spiro atoms. The Balaban J connectivity index is 1.67. The van der Waals surface area contributed by atoms with Crippen LogP contribution in [-0.4, -0.2) is 39.6 Å². The van der Waals surface area contributed by atoms with Crippen LogP contribution in [0.4, 0.5) is 0 Å². The first kappa shape index (κ1) is 17.7. The SMILES string of the molecule is C[C@@H]1C=C(n2ccc(=O)[nH]c2=O)O[C@]2(CO)CO[C@@H](c3ccccc3)O[C@@H]12. The Hall–Kier alpha value is -2.68. The van der Waals surface area contributed by atoms with Crippen molar-refractivity contribution >= 4 is 5.88 Å². The number of aliphatic hydroxyl groups is 1. The summed E-state index contributed by atoms with van der Waals surface area (Å²) in [5.74, 6) is 0.0502. The monoisotopic (exact) mass is 372 g/mol. The summed E-state index contributed by atoms with van der Waals surface area (Å²) >= 11 is 0. The Bertz CT molecular complexity index is 966. The zero-order valence-electron chi connectivity index (χ0n) is 14.7. The summed E-state index contributed by atoms with van der Waals surface area (Å²) in [6.45, 7) is 1.66. The lowest BCUT2D eigenvalue weighted by Gasteiger charge is -2.49. The number of fused-ring (bicyclic) bond motifs is 1. The van der Waals surface area contributed by atoms with E-state index in [9.17, 15) is 14.7 Å². The van der Waals surface area contributed by atoms with Crippen LogP contribution in [0.2, 0.25) is 0 Å². The van der Waals surface area contributed by atoms with Crippen molar-refractivity contribution in [2.45, 2.75) is 24.9 Å². The lowest BCUT2D eigenvalue weighted by atomic mass is 9.85. The fourth-order valence-electron chi connectivity index (χ4n) is 3.51. The van der Waals surface area contributed by atoms with E-state index in [1.807, 2.05) is 37.3 Å². The second-order valence-electron chi connectivity index (χ2n) is 6.78. The Morgan fingerprint density at radius 1 is 1.26 bits per heavy atom. The zero-order valence-corrected chi connectivity index (χ0v) is 14.7. The van der Waals surface area contributed by atoms with Gasteiger partial charge in [-0.2, -0.15) is 0 Å². The van der Waals surface area contributed by atoms with Gasteiger partial charge in [0.05, 0.1) is 13.2 Å². The van der Waals surface area contributed by atoms with E-state index in [0.717, 1.165) is 5.56 Å². The van der Waals surface area contributed by atoms with Crippen molar-refractivity contribution in [3.05, 3.63) is 75.1 Å². The molecule has 4 rings (SSSR count). The number of rotatable bonds is 3. The smallest absolute Gasteiger partial charge is 0.335 e. The molecule has 0 saturated carbocycles. The number of hydrogen-bond acceptors (Lipinski definition) is 6. The quantitative estimate of drug-likeness (QED) is 0.828. The van der Waals surface area contributed by atoms with Crippen LogP contribution in [0, 0.1) is 5.92 Å². The minimum atomic E-state index is -1.15. The summed E-state index contributed by atoms with van der Waals surface area (Å²) in [6.07, 6.45) is 2.05. The van der Waals surface area contributed by atoms with Gasteiger partial charge in [-0.3, -0.25) is 9.78 Å². The molecule has 8 heteroatoms. The van der Waals surface area contributed by atoms with Gasteiger partial charge in [-0.25, -0.2) is 9.36 Å². The maximum absolute atomic E-state index is 12.1. The van der Waals surface area contributed by atoms with Gasteiger partial charge in [0, 0.05) is 23.7 Å². The van der Waals surface area contributed by atoms with Gasteiger partial charge in [0.2, 0.25) is 0 Å². The predicted octanol–water partition coefficient (Wildman–Crippen LogP) is 0.847. The largest absolute Gasteiger partial charge is 0.464 e. The molecule has 0 radical (unpaired) electrons. The summed E-state index contributed by atoms with van der Waals surface area (Å²) < 4.78 is 19.1. The maximum atomic E-state index is 12.1. The third-order valence-electron chi connectivity index (χ3n) is 4.86. The first-order valence-corrected chi connectivity index (χ1v) is 8.68. The van der Waals surface area contributed by atoms with Crippen molar-refractivity contribution < 1.29 is 19.3 Å². The normalized spacial score (nSPS) is 30.1. The number of nitrogens with zero attached hydrogens (tertiary/aromatic N) is 1.